The first-order valence-electron chi connectivity index (χ1n) is 3.57. The summed E-state index contributed by atoms with van der Waals surface area (Å²) in [6, 6.07) is 2.72. The van der Waals surface area contributed by atoms with Crippen molar-refractivity contribution in [1.29, 1.82) is 0 Å². The number of hydrogen-bond acceptors (Lipinski definition) is 3. The number of nitrogens with two attached hydrogens (primary N) is 1. The number of hydrogen-bond donors (Lipinski definition) is 2. The number of aliphatic carboxylic acids is 1. The number of carboxylic acid groups (broad SMARTS) is 1. The molecule has 1 heterocycles. The summed E-state index contributed by atoms with van der Waals surface area (Å²) in [5.41, 5.74) is 6.16. The van der Waals surface area contributed by atoms with Crippen LogP contribution in [0.3, 0.4) is 0 Å². The predicted octanol–water partition coefficient (Wildman–Crippen LogP) is 0.458. The zero-order chi connectivity index (χ0) is 8.97. The van der Waals surface area contributed by atoms with Gasteiger partial charge < -0.3 is 10.8 Å². The molecule has 0 amide bonds. The predicted molar refractivity (Wildman–Crippen MR) is 50.8 cm³/mol. The van der Waals surface area contributed by atoms with E-state index in [2.05, 4.69) is 4.98 Å². The van der Waals surface area contributed by atoms with Gasteiger partial charge in [-0.25, -0.2) is 0 Å². The van der Waals surface area contributed by atoms with E-state index < -0.39 is 12.0 Å². The van der Waals surface area contributed by atoms with Gasteiger partial charge in [-0.15, -0.1) is 12.4 Å². The van der Waals surface area contributed by atoms with Crippen LogP contribution >= 0.6 is 12.4 Å². The minimum atomic E-state index is -0.987. The Labute approximate surface area is 82.2 Å². The third-order valence-corrected chi connectivity index (χ3v) is 1.50. The van der Waals surface area contributed by atoms with Gasteiger partial charge in [0, 0.05) is 12.4 Å². The monoisotopic (exact) mass is 202 g/mol. The Morgan fingerprint density at radius 1 is 1.69 bits per heavy atom. The first-order valence-corrected chi connectivity index (χ1v) is 3.57. The molecule has 0 bridgehead atoms. The standard InChI is InChI=1S/C8H10N2O2.ClH/c9-7(8(11)12)4-6-2-1-3-10-5-6;/h1-3,5,7H,4,9H2,(H,11,12);1H/t7-;/m1./s1. The van der Waals surface area contributed by atoms with Crippen molar-refractivity contribution < 1.29 is 9.90 Å². The van der Waals surface area contributed by atoms with E-state index in [4.69, 9.17) is 10.8 Å². The Morgan fingerprint density at radius 3 is 2.85 bits per heavy atom. The second kappa shape index (κ2) is 5.50. The highest BCUT2D eigenvalue weighted by Crippen LogP contribution is 1.99. The molecule has 72 valence electrons. The topological polar surface area (TPSA) is 76.2 Å². The van der Waals surface area contributed by atoms with Gasteiger partial charge in [0.05, 0.1) is 0 Å². The van der Waals surface area contributed by atoms with Crippen LogP contribution in [0.15, 0.2) is 24.5 Å². The summed E-state index contributed by atoms with van der Waals surface area (Å²) in [5.74, 6) is -0.987. The molecular formula is C8H11ClN2O2. The van der Waals surface area contributed by atoms with Crippen molar-refractivity contribution in [2.75, 3.05) is 0 Å². The van der Waals surface area contributed by atoms with Crippen molar-refractivity contribution in [2.45, 2.75) is 12.5 Å². The molecule has 0 aliphatic carbocycles. The highest BCUT2D eigenvalue weighted by Gasteiger charge is 2.11. The summed E-state index contributed by atoms with van der Waals surface area (Å²) >= 11 is 0. The van der Waals surface area contributed by atoms with Gasteiger partial charge in [0.2, 0.25) is 0 Å². The SMILES string of the molecule is Cl.N[C@H](Cc1cccnc1)C(=O)O. The molecule has 0 saturated carbocycles. The number of rotatable bonds is 3. The summed E-state index contributed by atoms with van der Waals surface area (Å²) in [7, 11) is 0. The number of aromatic nitrogens is 1. The van der Waals surface area contributed by atoms with Crippen LogP contribution in [0.25, 0.3) is 0 Å². The lowest BCUT2D eigenvalue weighted by Gasteiger charge is -2.04. The lowest BCUT2D eigenvalue weighted by atomic mass is 10.1. The summed E-state index contributed by atoms with van der Waals surface area (Å²) in [6.45, 7) is 0. The largest absolute Gasteiger partial charge is 0.480 e. The zero-order valence-corrected chi connectivity index (χ0v) is 7.70. The fourth-order valence-electron chi connectivity index (χ4n) is 0.860. The van der Waals surface area contributed by atoms with E-state index in [-0.39, 0.29) is 12.4 Å². The summed E-state index contributed by atoms with van der Waals surface area (Å²) < 4.78 is 0. The second-order valence-corrected chi connectivity index (χ2v) is 2.51. The Kier molecular flexibility index (Phi) is 5.03. The number of pyridine rings is 1. The van der Waals surface area contributed by atoms with Gasteiger partial charge in [-0.3, -0.25) is 9.78 Å². The molecule has 0 spiro atoms. The Balaban J connectivity index is 0.00000144. The maximum atomic E-state index is 10.4. The van der Waals surface area contributed by atoms with E-state index in [0.29, 0.717) is 6.42 Å². The van der Waals surface area contributed by atoms with Gasteiger partial charge in [0.25, 0.3) is 0 Å². The molecule has 3 N–H and O–H groups in total. The summed E-state index contributed by atoms with van der Waals surface area (Å²) in [5, 5.41) is 8.50. The molecule has 1 atom stereocenters. The van der Waals surface area contributed by atoms with E-state index in [9.17, 15) is 4.79 Å². The Bertz CT molecular complexity index is 266. The number of nitrogens with zero attached hydrogens (tertiary/aromatic N) is 1. The van der Waals surface area contributed by atoms with E-state index in [1.807, 2.05) is 0 Å². The lowest BCUT2D eigenvalue weighted by molar-refractivity contribution is -0.138. The van der Waals surface area contributed by atoms with Gasteiger partial charge in [0.1, 0.15) is 6.04 Å². The van der Waals surface area contributed by atoms with E-state index in [1.165, 1.54) is 0 Å². The molecule has 5 heteroatoms. The van der Waals surface area contributed by atoms with Crippen molar-refractivity contribution >= 4 is 18.4 Å². The fraction of sp³-hybridized carbons (Fsp3) is 0.250. The van der Waals surface area contributed by atoms with Gasteiger partial charge in [0.15, 0.2) is 0 Å². The van der Waals surface area contributed by atoms with Crippen molar-refractivity contribution in [3.8, 4) is 0 Å². The molecule has 1 aromatic rings. The molecule has 0 aliphatic heterocycles. The third kappa shape index (κ3) is 3.87. The summed E-state index contributed by atoms with van der Waals surface area (Å²) in [4.78, 5) is 14.2. The summed E-state index contributed by atoms with van der Waals surface area (Å²) in [6.07, 6.45) is 3.57. The van der Waals surface area contributed by atoms with Gasteiger partial charge in [-0.2, -0.15) is 0 Å². The molecule has 0 aromatic carbocycles. The van der Waals surface area contributed by atoms with Crippen molar-refractivity contribution in [3.63, 3.8) is 0 Å². The second-order valence-electron chi connectivity index (χ2n) is 2.51. The molecule has 0 unspecified atom stereocenters. The molecule has 0 fully saturated rings. The average Bonchev–Trinajstić information content (AvgIpc) is 2.06. The van der Waals surface area contributed by atoms with Crippen LogP contribution < -0.4 is 5.73 Å². The highest BCUT2D eigenvalue weighted by molar-refractivity contribution is 5.85. The van der Waals surface area contributed by atoms with Crippen LogP contribution in [0.2, 0.25) is 0 Å². The minimum absolute atomic E-state index is 0. The van der Waals surface area contributed by atoms with Crippen molar-refractivity contribution in [1.82, 2.24) is 4.98 Å². The van der Waals surface area contributed by atoms with Gasteiger partial charge in [-0.1, -0.05) is 6.07 Å². The molecule has 1 rings (SSSR count). The molecule has 13 heavy (non-hydrogen) atoms. The minimum Gasteiger partial charge on any atom is -0.480 e. The molecule has 0 aliphatic rings. The first-order chi connectivity index (χ1) is 5.70. The van der Waals surface area contributed by atoms with Crippen LogP contribution in [-0.4, -0.2) is 22.1 Å². The molecule has 1 aromatic heterocycles. The van der Waals surface area contributed by atoms with E-state index >= 15 is 0 Å². The molecule has 0 saturated heterocycles. The number of carbonyl (C=O) groups is 1. The van der Waals surface area contributed by atoms with Gasteiger partial charge >= 0.3 is 5.97 Å². The average molecular weight is 203 g/mol. The van der Waals surface area contributed by atoms with E-state index in [1.54, 1.807) is 24.5 Å². The maximum absolute atomic E-state index is 10.4. The van der Waals surface area contributed by atoms with E-state index in [0.717, 1.165) is 5.56 Å². The van der Waals surface area contributed by atoms with Crippen molar-refractivity contribution in [3.05, 3.63) is 30.1 Å². The van der Waals surface area contributed by atoms with Gasteiger partial charge in [-0.05, 0) is 18.1 Å². The zero-order valence-electron chi connectivity index (χ0n) is 6.88. The molecule has 0 radical (unpaired) electrons. The quantitative estimate of drug-likeness (QED) is 0.747. The van der Waals surface area contributed by atoms with Crippen LogP contribution in [-0.2, 0) is 11.2 Å². The molecular weight excluding hydrogens is 192 g/mol. The van der Waals surface area contributed by atoms with Crippen molar-refractivity contribution in [2.24, 2.45) is 5.73 Å². The highest BCUT2D eigenvalue weighted by atomic mass is 35.5. The lowest BCUT2D eigenvalue weighted by Crippen LogP contribution is -2.32. The normalized spacial score (nSPS) is 11.5. The van der Waals surface area contributed by atoms with Crippen LogP contribution in [0, 0.1) is 0 Å². The van der Waals surface area contributed by atoms with Crippen LogP contribution in [0.1, 0.15) is 5.56 Å². The fourth-order valence-corrected chi connectivity index (χ4v) is 0.860. The maximum Gasteiger partial charge on any atom is 0.320 e. The number of halogens is 1. The van der Waals surface area contributed by atoms with Crippen LogP contribution in [0.5, 0.6) is 0 Å². The number of carboxylic acids is 1. The Hall–Kier alpha value is -1.13. The van der Waals surface area contributed by atoms with Crippen LogP contribution in [0.4, 0.5) is 0 Å². The Morgan fingerprint density at radius 2 is 2.38 bits per heavy atom. The molecule has 4 nitrogen and oxygen atoms in total. The smallest absolute Gasteiger partial charge is 0.320 e. The first kappa shape index (κ1) is 11.9. The third-order valence-electron chi connectivity index (χ3n) is 1.50.